The molecule has 3 aromatic rings. The fourth-order valence-corrected chi connectivity index (χ4v) is 4.87. The van der Waals surface area contributed by atoms with Gasteiger partial charge < -0.3 is 10.1 Å². The Bertz CT molecular complexity index is 1140. The number of allylic oxidation sites excluding steroid dienone is 2. The Kier molecular flexibility index (Phi) is 5.99. The topological polar surface area (TPSA) is 69.0 Å². The van der Waals surface area contributed by atoms with Gasteiger partial charge in [-0.05, 0) is 41.9 Å². The summed E-state index contributed by atoms with van der Waals surface area (Å²) in [6, 6.07) is 18.1. The van der Waals surface area contributed by atoms with Crippen molar-refractivity contribution in [3.8, 4) is 5.75 Å². The van der Waals surface area contributed by atoms with Crippen LogP contribution in [0.25, 0.3) is 0 Å². The summed E-state index contributed by atoms with van der Waals surface area (Å²) >= 11 is 1.60. The zero-order chi connectivity index (χ0) is 21.9. The molecule has 0 fully saturated rings. The second-order valence-corrected chi connectivity index (χ2v) is 9.18. The van der Waals surface area contributed by atoms with Crippen molar-refractivity contribution in [3.05, 3.63) is 77.0 Å². The summed E-state index contributed by atoms with van der Waals surface area (Å²) in [6.45, 7) is 2.70. The van der Waals surface area contributed by atoms with E-state index in [9.17, 15) is 4.79 Å². The van der Waals surface area contributed by atoms with Crippen LogP contribution in [-0.4, -0.2) is 32.9 Å². The first-order valence-electron chi connectivity index (χ1n) is 11.1. The van der Waals surface area contributed by atoms with E-state index in [1.165, 1.54) is 5.56 Å². The van der Waals surface area contributed by atoms with E-state index in [4.69, 9.17) is 9.84 Å². The molecule has 2 aromatic carbocycles. The summed E-state index contributed by atoms with van der Waals surface area (Å²) in [4.78, 5) is 17.6. The molecule has 0 radical (unpaired) electrons. The van der Waals surface area contributed by atoms with Crippen LogP contribution < -0.4 is 10.1 Å². The van der Waals surface area contributed by atoms with Crippen molar-refractivity contribution in [2.24, 2.45) is 0 Å². The lowest BCUT2D eigenvalue weighted by Gasteiger charge is -2.32. The zero-order valence-corrected chi connectivity index (χ0v) is 18.9. The Morgan fingerprint density at radius 1 is 1.12 bits per heavy atom. The third kappa shape index (κ3) is 4.17. The van der Waals surface area contributed by atoms with Crippen LogP contribution in [0.15, 0.2) is 71.0 Å². The molecule has 0 saturated heterocycles. The van der Waals surface area contributed by atoms with Crippen molar-refractivity contribution in [3.63, 3.8) is 0 Å². The molecule has 0 bridgehead atoms. The molecule has 1 aromatic heterocycles. The van der Waals surface area contributed by atoms with Crippen LogP contribution >= 0.6 is 11.8 Å². The van der Waals surface area contributed by atoms with Crippen molar-refractivity contribution in [2.75, 3.05) is 17.7 Å². The number of carbonyl (C=O) groups excluding carboxylic acids is 1. The molecule has 1 N–H and O–H groups in total. The van der Waals surface area contributed by atoms with E-state index in [0.29, 0.717) is 19.0 Å². The van der Waals surface area contributed by atoms with Crippen molar-refractivity contribution in [2.45, 2.75) is 43.8 Å². The van der Waals surface area contributed by atoms with Crippen molar-refractivity contribution >= 4 is 23.5 Å². The molecule has 7 heteroatoms. The number of aromatic nitrogens is 3. The lowest BCUT2D eigenvalue weighted by atomic mass is 9.85. The van der Waals surface area contributed by atoms with Gasteiger partial charge in [-0.2, -0.15) is 4.98 Å². The van der Waals surface area contributed by atoms with E-state index >= 15 is 0 Å². The first-order valence-corrected chi connectivity index (χ1v) is 12.1. The quantitative estimate of drug-likeness (QED) is 0.513. The largest absolute Gasteiger partial charge is 0.493 e. The molecule has 1 atom stereocenters. The van der Waals surface area contributed by atoms with Crippen LogP contribution in [0.5, 0.6) is 5.75 Å². The summed E-state index contributed by atoms with van der Waals surface area (Å²) in [7, 11) is 0. The molecular weight excluding hydrogens is 420 g/mol. The number of thioether (sulfide) groups is 1. The van der Waals surface area contributed by atoms with Gasteiger partial charge in [0.05, 0.1) is 6.61 Å². The fourth-order valence-electron chi connectivity index (χ4n) is 4.31. The van der Waals surface area contributed by atoms with Crippen LogP contribution in [0, 0.1) is 0 Å². The fraction of sp³-hybridized carbons (Fsp3) is 0.320. The maximum Gasteiger partial charge on any atom is 0.227 e. The number of anilines is 1. The number of ether oxygens (including phenoxy) is 1. The van der Waals surface area contributed by atoms with E-state index in [0.717, 1.165) is 52.8 Å². The smallest absolute Gasteiger partial charge is 0.227 e. The van der Waals surface area contributed by atoms with E-state index < -0.39 is 0 Å². The number of hydrogen-bond donors (Lipinski definition) is 1. The Labute approximate surface area is 192 Å². The van der Waals surface area contributed by atoms with Gasteiger partial charge >= 0.3 is 0 Å². The van der Waals surface area contributed by atoms with E-state index in [1.807, 2.05) is 47.1 Å². The Morgan fingerprint density at radius 3 is 2.72 bits per heavy atom. The van der Waals surface area contributed by atoms with Crippen molar-refractivity contribution in [1.29, 1.82) is 0 Å². The lowest BCUT2D eigenvalue weighted by Crippen LogP contribution is -2.31. The number of rotatable bonds is 7. The third-order valence-corrected chi connectivity index (χ3v) is 6.54. The molecule has 164 valence electrons. The minimum atomic E-state index is -0.258. The first kappa shape index (κ1) is 20.8. The maximum atomic E-state index is 12.9. The molecule has 6 nitrogen and oxygen atoms in total. The monoisotopic (exact) mass is 446 g/mol. The molecule has 32 heavy (non-hydrogen) atoms. The first-order chi connectivity index (χ1) is 15.7. The highest BCUT2D eigenvalue weighted by molar-refractivity contribution is 7.99. The predicted molar refractivity (Wildman–Crippen MR) is 126 cm³/mol. The van der Waals surface area contributed by atoms with Gasteiger partial charge in [-0.25, -0.2) is 4.68 Å². The van der Waals surface area contributed by atoms with Gasteiger partial charge in [0, 0.05) is 24.1 Å². The third-order valence-electron chi connectivity index (χ3n) is 5.82. The number of fused-ring (bicyclic) bond motifs is 1. The molecule has 1 aliphatic heterocycles. The highest BCUT2D eigenvalue weighted by Crippen LogP contribution is 2.40. The van der Waals surface area contributed by atoms with Gasteiger partial charge in [0.25, 0.3) is 0 Å². The molecule has 5 rings (SSSR count). The number of nitrogens with one attached hydrogen (secondary N) is 1. The highest BCUT2D eigenvalue weighted by atomic mass is 32.2. The number of ketones is 1. The predicted octanol–water partition coefficient (Wildman–Crippen LogP) is 5.03. The average molecular weight is 447 g/mol. The number of Topliss-reactive ketones (excluding diaryl/α,β-unsaturated/α-hetero) is 1. The minimum Gasteiger partial charge on any atom is -0.493 e. The van der Waals surface area contributed by atoms with E-state index in [-0.39, 0.29) is 11.8 Å². The van der Waals surface area contributed by atoms with Crippen molar-refractivity contribution < 1.29 is 9.53 Å². The summed E-state index contributed by atoms with van der Waals surface area (Å²) in [6.07, 6.45) is 3.18. The van der Waals surface area contributed by atoms with Crippen LogP contribution in [0.2, 0.25) is 0 Å². The zero-order valence-electron chi connectivity index (χ0n) is 18.1. The highest BCUT2D eigenvalue weighted by Gasteiger charge is 2.36. The average Bonchev–Trinajstić information content (AvgIpc) is 3.21. The molecule has 0 amide bonds. The minimum absolute atomic E-state index is 0.192. The summed E-state index contributed by atoms with van der Waals surface area (Å²) in [5.74, 6) is 2.62. The molecule has 2 heterocycles. The SMILES string of the molecule is CCSc1nc2n(n1)C(c1ccc(OCCc3ccccc3)cc1)C1=C(CCCC1=O)N2. The molecular formula is C25H26N4O2S. The number of benzene rings is 2. The maximum absolute atomic E-state index is 12.9. The Balaban J connectivity index is 1.39. The summed E-state index contributed by atoms with van der Waals surface area (Å²) < 4.78 is 7.82. The van der Waals surface area contributed by atoms with E-state index in [2.05, 4.69) is 29.4 Å². The van der Waals surface area contributed by atoms with Crippen LogP contribution in [0.3, 0.4) is 0 Å². The van der Waals surface area contributed by atoms with Gasteiger partial charge in [0.2, 0.25) is 11.1 Å². The van der Waals surface area contributed by atoms with Gasteiger partial charge in [-0.3, -0.25) is 4.79 Å². The lowest BCUT2D eigenvalue weighted by molar-refractivity contribution is -0.116. The van der Waals surface area contributed by atoms with Crippen LogP contribution in [0.4, 0.5) is 5.95 Å². The van der Waals surface area contributed by atoms with E-state index in [1.54, 1.807) is 11.8 Å². The van der Waals surface area contributed by atoms with Crippen LogP contribution in [0.1, 0.15) is 43.4 Å². The molecule has 0 spiro atoms. The second-order valence-electron chi connectivity index (χ2n) is 7.95. The standard InChI is InChI=1S/C25H26N4O2S/c1-2-32-25-27-24-26-20-9-6-10-21(30)22(20)23(29(24)28-25)18-11-13-19(14-12-18)31-16-15-17-7-4-3-5-8-17/h3-5,7-8,11-14,23H,2,6,9-10,15-16H2,1H3,(H,26,27,28). The van der Waals surface area contributed by atoms with Gasteiger partial charge in [-0.1, -0.05) is 61.2 Å². The van der Waals surface area contributed by atoms with Gasteiger partial charge in [-0.15, -0.1) is 5.10 Å². The number of nitrogens with zero attached hydrogens (tertiary/aromatic N) is 3. The van der Waals surface area contributed by atoms with Gasteiger partial charge in [0.1, 0.15) is 11.8 Å². The molecule has 1 unspecified atom stereocenters. The van der Waals surface area contributed by atoms with Crippen molar-refractivity contribution in [1.82, 2.24) is 14.8 Å². The Morgan fingerprint density at radius 2 is 1.94 bits per heavy atom. The summed E-state index contributed by atoms with van der Waals surface area (Å²) in [5.41, 5.74) is 4.08. The van der Waals surface area contributed by atoms with Crippen LogP contribution in [-0.2, 0) is 11.2 Å². The second kappa shape index (κ2) is 9.20. The normalized spacial score (nSPS) is 17.5. The summed E-state index contributed by atoms with van der Waals surface area (Å²) in [5, 5.41) is 8.82. The molecule has 1 aliphatic carbocycles. The van der Waals surface area contributed by atoms with Gasteiger partial charge in [0.15, 0.2) is 5.78 Å². The molecule has 0 saturated carbocycles. The number of carbonyl (C=O) groups is 1. The molecule has 2 aliphatic rings. The Hall–Kier alpha value is -3.06. The number of hydrogen-bond acceptors (Lipinski definition) is 6.